The van der Waals surface area contributed by atoms with E-state index in [1.807, 2.05) is 17.4 Å². The maximum Gasteiger partial charge on any atom is 0.00642 e. The van der Waals surface area contributed by atoms with Gasteiger partial charge in [-0.05, 0) is 57.0 Å². The highest BCUT2D eigenvalue weighted by Gasteiger charge is 2.05. The summed E-state index contributed by atoms with van der Waals surface area (Å²) in [6.45, 7) is 3.76. The van der Waals surface area contributed by atoms with Crippen molar-refractivity contribution in [3.63, 3.8) is 0 Å². The predicted molar refractivity (Wildman–Crippen MR) is 74.2 cm³/mol. The van der Waals surface area contributed by atoms with Gasteiger partial charge in [-0.2, -0.15) is 0 Å². The molecule has 1 N–H and O–H groups in total. The monoisotopic (exact) mass is 237 g/mol. The first-order valence-electron chi connectivity index (χ1n) is 6.17. The Morgan fingerprint density at radius 1 is 1.44 bits per heavy atom. The van der Waals surface area contributed by atoms with E-state index in [0.29, 0.717) is 6.04 Å². The third-order valence-corrected chi connectivity index (χ3v) is 3.86. The average molecular weight is 237 g/mol. The van der Waals surface area contributed by atoms with Gasteiger partial charge in [0.15, 0.2) is 0 Å². The zero-order valence-electron chi connectivity index (χ0n) is 10.2. The molecular weight excluding hydrogens is 214 g/mol. The number of unbranched alkanes of at least 4 members (excludes halogenated alkanes) is 1. The summed E-state index contributed by atoms with van der Waals surface area (Å²) < 4.78 is 0. The fraction of sp³-hybridized carbons (Fsp3) is 0.571. The molecule has 0 spiro atoms. The van der Waals surface area contributed by atoms with Crippen molar-refractivity contribution in [2.24, 2.45) is 0 Å². The van der Waals surface area contributed by atoms with Crippen molar-refractivity contribution in [1.29, 1.82) is 0 Å². The molecule has 1 aromatic rings. The molecule has 0 saturated heterocycles. The lowest BCUT2D eigenvalue weighted by Gasteiger charge is -2.15. The first-order chi connectivity index (χ1) is 7.86. The third kappa shape index (κ3) is 5.47. The zero-order chi connectivity index (χ0) is 11.6. The molecule has 0 aliphatic carbocycles. The highest BCUT2D eigenvalue weighted by Crippen LogP contribution is 2.14. The van der Waals surface area contributed by atoms with Gasteiger partial charge in [-0.15, -0.1) is 17.9 Å². The summed E-state index contributed by atoms with van der Waals surface area (Å²) in [4.78, 5) is 1.51. The van der Waals surface area contributed by atoms with Gasteiger partial charge in [-0.25, -0.2) is 0 Å². The molecule has 2 heteroatoms. The highest BCUT2D eigenvalue weighted by molar-refractivity contribution is 7.09. The third-order valence-electron chi connectivity index (χ3n) is 2.92. The van der Waals surface area contributed by atoms with Gasteiger partial charge in [0.1, 0.15) is 0 Å². The molecule has 0 bridgehead atoms. The van der Waals surface area contributed by atoms with E-state index in [1.54, 1.807) is 0 Å². The summed E-state index contributed by atoms with van der Waals surface area (Å²) >= 11 is 1.87. The van der Waals surface area contributed by atoms with E-state index in [1.165, 1.54) is 37.0 Å². The minimum Gasteiger partial charge on any atom is -0.317 e. The van der Waals surface area contributed by atoms with E-state index in [9.17, 15) is 0 Å². The standard InChI is InChI=1S/C14H23NS/c1-3-4-5-8-13(15-2)9-6-10-14-11-7-12-16-14/h3,7,11-13,15H,1,4-6,8-10H2,2H3. The van der Waals surface area contributed by atoms with Crippen molar-refractivity contribution in [2.45, 2.75) is 44.6 Å². The van der Waals surface area contributed by atoms with Gasteiger partial charge in [0.05, 0.1) is 0 Å². The number of hydrogen-bond donors (Lipinski definition) is 1. The molecule has 1 atom stereocenters. The fourth-order valence-electron chi connectivity index (χ4n) is 1.92. The maximum atomic E-state index is 3.76. The van der Waals surface area contributed by atoms with Gasteiger partial charge in [0.25, 0.3) is 0 Å². The number of hydrogen-bond acceptors (Lipinski definition) is 2. The average Bonchev–Trinajstić information content (AvgIpc) is 2.80. The first-order valence-corrected chi connectivity index (χ1v) is 7.05. The highest BCUT2D eigenvalue weighted by atomic mass is 32.1. The number of rotatable bonds is 9. The Morgan fingerprint density at radius 3 is 2.88 bits per heavy atom. The Labute approximate surface area is 104 Å². The van der Waals surface area contributed by atoms with Crippen LogP contribution >= 0.6 is 11.3 Å². The van der Waals surface area contributed by atoms with Crippen LogP contribution in [0.25, 0.3) is 0 Å². The van der Waals surface area contributed by atoms with Crippen molar-refractivity contribution in [3.8, 4) is 0 Å². The summed E-state index contributed by atoms with van der Waals surface area (Å²) in [5.74, 6) is 0. The second-order valence-corrected chi connectivity index (χ2v) is 5.21. The van der Waals surface area contributed by atoms with Crippen LogP contribution in [0.4, 0.5) is 0 Å². The van der Waals surface area contributed by atoms with Crippen LogP contribution in [-0.4, -0.2) is 13.1 Å². The molecule has 0 amide bonds. The lowest BCUT2D eigenvalue weighted by Crippen LogP contribution is -2.24. The van der Waals surface area contributed by atoms with E-state index < -0.39 is 0 Å². The van der Waals surface area contributed by atoms with Crippen LogP contribution in [-0.2, 0) is 6.42 Å². The number of aryl methyl sites for hydroxylation is 1. The van der Waals surface area contributed by atoms with Crippen molar-refractivity contribution in [1.82, 2.24) is 5.32 Å². The lowest BCUT2D eigenvalue weighted by atomic mass is 10.0. The summed E-state index contributed by atoms with van der Waals surface area (Å²) in [6.07, 6.45) is 9.49. The van der Waals surface area contributed by atoms with Crippen LogP contribution in [0, 0.1) is 0 Å². The molecule has 1 nitrogen and oxygen atoms in total. The van der Waals surface area contributed by atoms with Crippen LogP contribution in [0.1, 0.15) is 37.0 Å². The topological polar surface area (TPSA) is 12.0 Å². The number of nitrogens with one attached hydrogen (secondary N) is 1. The van der Waals surface area contributed by atoms with E-state index in [0.717, 1.165) is 6.42 Å². The molecule has 1 aromatic heterocycles. The molecule has 0 radical (unpaired) electrons. The second kappa shape index (κ2) is 8.54. The Morgan fingerprint density at radius 2 is 2.25 bits per heavy atom. The Kier molecular flexibility index (Phi) is 7.19. The minimum atomic E-state index is 0.680. The molecule has 0 aromatic carbocycles. The summed E-state index contributed by atoms with van der Waals surface area (Å²) in [5, 5.41) is 5.57. The molecule has 1 heterocycles. The summed E-state index contributed by atoms with van der Waals surface area (Å²) in [7, 11) is 2.07. The number of thiophene rings is 1. The van der Waals surface area contributed by atoms with Crippen LogP contribution < -0.4 is 5.32 Å². The molecule has 16 heavy (non-hydrogen) atoms. The second-order valence-electron chi connectivity index (χ2n) is 4.18. The molecule has 0 aliphatic rings. The van der Waals surface area contributed by atoms with Gasteiger partial charge >= 0.3 is 0 Å². The van der Waals surface area contributed by atoms with Gasteiger partial charge in [-0.1, -0.05) is 12.1 Å². The Hall–Kier alpha value is -0.600. The largest absolute Gasteiger partial charge is 0.317 e. The fourth-order valence-corrected chi connectivity index (χ4v) is 2.67. The minimum absolute atomic E-state index is 0.680. The van der Waals surface area contributed by atoms with Crippen LogP contribution in [0.2, 0.25) is 0 Å². The lowest BCUT2D eigenvalue weighted by molar-refractivity contribution is 0.463. The molecule has 0 saturated carbocycles. The normalized spacial score (nSPS) is 12.6. The molecule has 1 unspecified atom stereocenters. The quantitative estimate of drug-likeness (QED) is 0.505. The van der Waals surface area contributed by atoms with Crippen LogP contribution in [0.3, 0.4) is 0 Å². The molecule has 0 fully saturated rings. The molecule has 1 rings (SSSR count). The van der Waals surface area contributed by atoms with Gasteiger partial charge in [-0.3, -0.25) is 0 Å². The molecule has 90 valence electrons. The van der Waals surface area contributed by atoms with Crippen LogP contribution in [0.15, 0.2) is 30.2 Å². The van der Waals surface area contributed by atoms with Crippen molar-refractivity contribution >= 4 is 11.3 Å². The van der Waals surface area contributed by atoms with E-state index >= 15 is 0 Å². The van der Waals surface area contributed by atoms with Crippen LogP contribution in [0.5, 0.6) is 0 Å². The molecule has 0 aliphatic heterocycles. The first kappa shape index (κ1) is 13.5. The maximum absolute atomic E-state index is 3.76. The van der Waals surface area contributed by atoms with Gasteiger partial charge < -0.3 is 5.32 Å². The number of allylic oxidation sites excluding steroid dienone is 1. The summed E-state index contributed by atoms with van der Waals surface area (Å²) in [6, 6.07) is 5.05. The van der Waals surface area contributed by atoms with Crippen molar-refractivity contribution in [3.05, 3.63) is 35.0 Å². The van der Waals surface area contributed by atoms with Gasteiger partial charge in [0, 0.05) is 10.9 Å². The smallest absolute Gasteiger partial charge is 0.00642 e. The SMILES string of the molecule is C=CCCCC(CCCc1cccs1)NC. The van der Waals surface area contributed by atoms with Gasteiger partial charge in [0.2, 0.25) is 0 Å². The Bertz CT molecular complexity index is 266. The predicted octanol–water partition coefficient (Wildman–Crippen LogP) is 4.02. The molecular formula is C14H23NS. The van der Waals surface area contributed by atoms with Crippen molar-refractivity contribution < 1.29 is 0 Å². The summed E-state index contributed by atoms with van der Waals surface area (Å²) in [5.41, 5.74) is 0. The van der Waals surface area contributed by atoms with Crippen molar-refractivity contribution in [2.75, 3.05) is 7.05 Å². The van der Waals surface area contributed by atoms with E-state index in [2.05, 4.69) is 36.5 Å². The Balaban J connectivity index is 2.11. The van der Waals surface area contributed by atoms with E-state index in [4.69, 9.17) is 0 Å². The zero-order valence-corrected chi connectivity index (χ0v) is 11.1. The van der Waals surface area contributed by atoms with E-state index in [-0.39, 0.29) is 0 Å².